The number of methoxy groups -OCH3 is 1. The van der Waals surface area contributed by atoms with Crippen LogP contribution in [0.25, 0.3) is 0 Å². The third-order valence-corrected chi connectivity index (χ3v) is 8.24. The fourth-order valence-electron chi connectivity index (χ4n) is 3.96. The van der Waals surface area contributed by atoms with Gasteiger partial charge in [0.1, 0.15) is 18.3 Å². The number of nitrogens with zero attached hydrogens (tertiary/aromatic N) is 2. The Morgan fingerprint density at radius 2 is 1.74 bits per heavy atom. The van der Waals surface area contributed by atoms with Gasteiger partial charge in [-0.3, -0.25) is 13.9 Å². The molecule has 1 N–H and O–H groups in total. The standard InChI is InChI=1S/C28H32BrN3O5S/c1-5-30-28(34)21(3)31(18-22-10-9-11-23(29)17-22)27(33)19-32(25-16-20(2)14-15-26(25)37-4)38(35,36)24-12-7-6-8-13-24/h6-17,21H,5,18-19H2,1-4H3,(H,30,34)/t21-/m0/s1. The van der Waals surface area contributed by atoms with Gasteiger partial charge in [-0.25, -0.2) is 8.42 Å². The fraction of sp³-hybridized carbons (Fsp3) is 0.286. The number of ether oxygens (including phenoxy) is 1. The molecule has 0 aliphatic rings. The zero-order valence-corrected chi connectivity index (χ0v) is 24.3. The van der Waals surface area contributed by atoms with E-state index in [0.717, 1.165) is 19.9 Å². The Morgan fingerprint density at radius 3 is 2.37 bits per heavy atom. The molecule has 3 aromatic carbocycles. The van der Waals surface area contributed by atoms with Crippen molar-refractivity contribution < 1.29 is 22.7 Å². The van der Waals surface area contributed by atoms with Gasteiger partial charge in [0.05, 0.1) is 17.7 Å². The Kier molecular flexibility index (Phi) is 9.93. The summed E-state index contributed by atoms with van der Waals surface area (Å²) in [6.45, 7) is 5.23. The van der Waals surface area contributed by atoms with E-state index < -0.39 is 28.5 Å². The van der Waals surface area contributed by atoms with Crippen molar-refractivity contribution in [3.05, 3.63) is 88.4 Å². The van der Waals surface area contributed by atoms with Crippen LogP contribution in [0.3, 0.4) is 0 Å². The molecule has 3 aromatic rings. The molecule has 0 unspecified atom stereocenters. The molecule has 0 radical (unpaired) electrons. The van der Waals surface area contributed by atoms with Crippen LogP contribution in [0.1, 0.15) is 25.0 Å². The number of rotatable bonds is 11. The van der Waals surface area contributed by atoms with Gasteiger partial charge in [0, 0.05) is 17.6 Å². The van der Waals surface area contributed by atoms with Crippen LogP contribution < -0.4 is 14.4 Å². The Hall–Kier alpha value is -3.37. The molecule has 8 nitrogen and oxygen atoms in total. The highest BCUT2D eigenvalue weighted by Gasteiger charge is 2.33. The number of halogens is 1. The van der Waals surface area contributed by atoms with E-state index in [0.29, 0.717) is 12.3 Å². The molecule has 0 heterocycles. The third kappa shape index (κ3) is 6.93. The lowest BCUT2D eigenvalue weighted by atomic mass is 10.1. The Bertz CT molecular complexity index is 1380. The molecule has 0 saturated heterocycles. The van der Waals surface area contributed by atoms with Gasteiger partial charge in [-0.1, -0.05) is 52.3 Å². The van der Waals surface area contributed by atoms with E-state index in [1.54, 1.807) is 50.2 Å². The second kappa shape index (κ2) is 12.9. The zero-order chi connectivity index (χ0) is 27.9. The summed E-state index contributed by atoms with van der Waals surface area (Å²) in [5.74, 6) is -0.563. The van der Waals surface area contributed by atoms with E-state index in [-0.39, 0.29) is 23.0 Å². The second-order valence-corrected chi connectivity index (χ2v) is 11.5. The maximum atomic E-state index is 13.9. The van der Waals surface area contributed by atoms with Crippen LogP contribution >= 0.6 is 15.9 Å². The molecular formula is C28H32BrN3O5S. The first kappa shape index (κ1) is 29.2. The average Bonchev–Trinajstić information content (AvgIpc) is 2.90. The van der Waals surface area contributed by atoms with Crippen LogP contribution in [0.5, 0.6) is 5.75 Å². The van der Waals surface area contributed by atoms with E-state index >= 15 is 0 Å². The number of carbonyl (C=O) groups is 2. The lowest BCUT2D eigenvalue weighted by molar-refractivity contribution is -0.139. The number of amides is 2. The van der Waals surface area contributed by atoms with Gasteiger partial charge in [-0.15, -0.1) is 0 Å². The topological polar surface area (TPSA) is 96.0 Å². The van der Waals surface area contributed by atoms with E-state index in [1.807, 2.05) is 31.2 Å². The molecular weight excluding hydrogens is 570 g/mol. The maximum Gasteiger partial charge on any atom is 0.264 e. The summed E-state index contributed by atoms with van der Waals surface area (Å²) in [6.07, 6.45) is 0. The van der Waals surface area contributed by atoms with E-state index in [1.165, 1.54) is 24.1 Å². The lowest BCUT2D eigenvalue weighted by Gasteiger charge is -2.32. The molecule has 0 spiro atoms. The molecule has 38 heavy (non-hydrogen) atoms. The fourth-order valence-corrected chi connectivity index (χ4v) is 5.85. The van der Waals surface area contributed by atoms with Crippen LogP contribution in [-0.2, 0) is 26.2 Å². The maximum absolute atomic E-state index is 13.9. The summed E-state index contributed by atoms with van der Waals surface area (Å²) in [4.78, 5) is 28.1. The molecule has 202 valence electrons. The first-order valence-electron chi connectivity index (χ1n) is 12.1. The molecule has 0 aliphatic carbocycles. The SMILES string of the molecule is CCNC(=O)[C@H](C)N(Cc1cccc(Br)c1)C(=O)CN(c1cc(C)ccc1OC)S(=O)(=O)c1ccccc1. The van der Waals surface area contributed by atoms with Gasteiger partial charge in [0.2, 0.25) is 11.8 Å². The Morgan fingerprint density at radius 1 is 1.03 bits per heavy atom. The number of benzene rings is 3. The van der Waals surface area contributed by atoms with Crippen molar-refractivity contribution in [3.8, 4) is 5.75 Å². The number of anilines is 1. The van der Waals surface area contributed by atoms with Gasteiger partial charge in [0.25, 0.3) is 10.0 Å². The molecule has 0 aromatic heterocycles. The normalized spacial score (nSPS) is 11.9. The number of aryl methyl sites for hydroxylation is 1. The molecule has 2 amide bonds. The molecule has 10 heteroatoms. The van der Waals surface area contributed by atoms with Crippen LogP contribution in [0.15, 0.2) is 82.2 Å². The molecule has 1 atom stereocenters. The van der Waals surface area contributed by atoms with Crippen molar-refractivity contribution in [2.45, 2.75) is 38.3 Å². The quantitative estimate of drug-likeness (QED) is 0.349. The number of nitrogens with one attached hydrogen (secondary N) is 1. The monoisotopic (exact) mass is 601 g/mol. The summed E-state index contributed by atoms with van der Waals surface area (Å²) in [5, 5.41) is 2.75. The number of hydrogen-bond donors (Lipinski definition) is 1. The van der Waals surface area contributed by atoms with Gasteiger partial charge in [-0.2, -0.15) is 0 Å². The highest BCUT2D eigenvalue weighted by atomic mass is 79.9. The van der Waals surface area contributed by atoms with E-state index in [2.05, 4.69) is 21.2 Å². The molecule has 0 aliphatic heterocycles. The van der Waals surface area contributed by atoms with Gasteiger partial charge < -0.3 is 15.0 Å². The minimum absolute atomic E-state index is 0.0340. The predicted octanol–water partition coefficient (Wildman–Crippen LogP) is 4.51. The molecule has 0 fully saturated rings. The van der Waals surface area contributed by atoms with Crippen LogP contribution in [0, 0.1) is 6.92 Å². The third-order valence-electron chi connectivity index (χ3n) is 5.97. The Labute approximate surface area is 232 Å². The summed E-state index contributed by atoms with van der Waals surface area (Å²) in [5.41, 5.74) is 1.82. The average molecular weight is 603 g/mol. The highest BCUT2D eigenvalue weighted by molar-refractivity contribution is 9.10. The van der Waals surface area contributed by atoms with Gasteiger partial charge >= 0.3 is 0 Å². The summed E-state index contributed by atoms with van der Waals surface area (Å²) in [6, 6.07) is 19.6. The van der Waals surface area contributed by atoms with E-state index in [9.17, 15) is 18.0 Å². The number of hydrogen-bond acceptors (Lipinski definition) is 5. The van der Waals surface area contributed by atoms with Gasteiger partial charge in [-0.05, 0) is 68.3 Å². The Balaban J connectivity index is 2.09. The lowest BCUT2D eigenvalue weighted by Crippen LogP contribution is -2.51. The summed E-state index contributed by atoms with van der Waals surface area (Å²) < 4.78 is 35.1. The van der Waals surface area contributed by atoms with Crippen LogP contribution in [-0.4, -0.2) is 51.4 Å². The summed E-state index contributed by atoms with van der Waals surface area (Å²) in [7, 11) is -2.73. The van der Waals surface area contributed by atoms with Crippen molar-refractivity contribution in [2.24, 2.45) is 0 Å². The van der Waals surface area contributed by atoms with Crippen molar-refractivity contribution >= 4 is 43.5 Å². The zero-order valence-electron chi connectivity index (χ0n) is 21.8. The minimum atomic E-state index is -4.17. The first-order valence-corrected chi connectivity index (χ1v) is 14.4. The van der Waals surface area contributed by atoms with Crippen molar-refractivity contribution in [3.63, 3.8) is 0 Å². The summed E-state index contributed by atoms with van der Waals surface area (Å²) >= 11 is 3.44. The highest BCUT2D eigenvalue weighted by Crippen LogP contribution is 2.33. The first-order chi connectivity index (χ1) is 18.1. The van der Waals surface area contributed by atoms with E-state index in [4.69, 9.17) is 4.74 Å². The van der Waals surface area contributed by atoms with Crippen molar-refractivity contribution in [2.75, 3.05) is 24.5 Å². The van der Waals surface area contributed by atoms with Crippen molar-refractivity contribution in [1.82, 2.24) is 10.2 Å². The van der Waals surface area contributed by atoms with Crippen molar-refractivity contribution in [1.29, 1.82) is 0 Å². The van der Waals surface area contributed by atoms with Gasteiger partial charge in [0.15, 0.2) is 0 Å². The number of sulfonamides is 1. The second-order valence-electron chi connectivity index (χ2n) is 8.72. The predicted molar refractivity (Wildman–Crippen MR) is 152 cm³/mol. The number of likely N-dealkylation sites (N-methyl/N-ethyl adjacent to an activating group) is 1. The van der Waals surface area contributed by atoms with Crippen LogP contribution in [0.4, 0.5) is 5.69 Å². The minimum Gasteiger partial charge on any atom is -0.495 e. The number of carbonyl (C=O) groups excluding carboxylic acids is 2. The van der Waals surface area contributed by atoms with Crippen LogP contribution in [0.2, 0.25) is 0 Å². The smallest absolute Gasteiger partial charge is 0.264 e. The molecule has 3 rings (SSSR count). The molecule has 0 bridgehead atoms. The largest absolute Gasteiger partial charge is 0.495 e. The molecule has 0 saturated carbocycles.